The highest BCUT2D eigenvalue weighted by atomic mass is 32.2. The van der Waals surface area contributed by atoms with Crippen LogP contribution in [0.25, 0.3) is 11.4 Å². The lowest BCUT2D eigenvalue weighted by Gasteiger charge is -2.18. The quantitative estimate of drug-likeness (QED) is 0.263. The number of thioether (sulfide) groups is 1. The molecule has 0 bridgehead atoms. The molecule has 1 aromatic carbocycles. The normalized spacial score (nSPS) is 11.7. The van der Waals surface area contributed by atoms with Crippen LogP contribution >= 0.6 is 11.8 Å². The van der Waals surface area contributed by atoms with Gasteiger partial charge in [0, 0.05) is 25.2 Å². The number of carbonyl (C=O) groups is 1. The number of amides is 1. The maximum absolute atomic E-state index is 12.8. The summed E-state index contributed by atoms with van der Waals surface area (Å²) in [5.74, 6) is 6.55. The molecule has 0 radical (unpaired) electrons. The van der Waals surface area contributed by atoms with Crippen molar-refractivity contribution >= 4 is 27.7 Å². The SMILES string of the molecule is CCCCCCNC(=O)CSc1nnc(-c2cccc(S(=O)(=O)N(CC)CC)c2)n1N. The summed E-state index contributed by atoms with van der Waals surface area (Å²) in [6.45, 7) is 7.17. The monoisotopic (exact) mass is 468 g/mol. The Morgan fingerprint density at radius 3 is 2.58 bits per heavy atom. The second kappa shape index (κ2) is 12.1. The molecule has 2 rings (SSSR count). The Labute approximate surface area is 188 Å². The minimum atomic E-state index is -3.60. The van der Waals surface area contributed by atoms with Crippen molar-refractivity contribution in [3.63, 3.8) is 0 Å². The molecule has 9 nitrogen and oxygen atoms in total. The van der Waals surface area contributed by atoms with Gasteiger partial charge in [0.2, 0.25) is 21.1 Å². The van der Waals surface area contributed by atoms with Crippen molar-refractivity contribution in [3.8, 4) is 11.4 Å². The van der Waals surface area contributed by atoms with E-state index >= 15 is 0 Å². The summed E-state index contributed by atoms with van der Waals surface area (Å²) in [7, 11) is -3.60. The topological polar surface area (TPSA) is 123 Å². The molecule has 0 aliphatic heterocycles. The van der Waals surface area contributed by atoms with E-state index in [-0.39, 0.29) is 16.6 Å². The summed E-state index contributed by atoms with van der Waals surface area (Å²) in [6, 6.07) is 6.47. The van der Waals surface area contributed by atoms with Gasteiger partial charge in [0.05, 0.1) is 10.6 Å². The first kappa shape index (κ1) is 25.2. The molecule has 0 unspecified atom stereocenters. The van der Waals surface area contributed by atoms with Gasteiger partial charge in [0.15, 0.2) is 5.82 Å². The van der Waals surface area contributed by atoms with Gasteiger partial charge in [-0.3, -0.25) is 4.79 Å². The maximum Gasteiger partial charge on any atom is 0.243 e. The fourth-order valence-corrected chi connectivity index (χ4v) is 5.23. The zero-order valence-corrected chi connectivity index (χ0v) is 20.0. The van der Waals surface area contributed by atoms with Gasteiger partial charge in [-0.2, -0.15) is 4.31 Å². The number of hydrogen-bond donors (Lipinski definition) is 2. The molecule has 0 atom stereocenters. The molecule has 1 amide bonds. The third kappa shape index (κ3) is 6.68. The van der Waals surface area contributed by atoms with E-state index in [2.05, 4.69) is 22.4 Å². The number of nitrogens with one attached hydrogen (secondary N) is 1. The highest BCUT2D eigenvalue weighted by Crippen LogP contribution is 2.25. The standard InChI is InChI=1S/C20H32N6O3S2/c1-4-7-8-9-13-22-18(27)15-30-20-24-23-19(26(20)21)16-11-10-12-17(14-16)31(28,29)25(5-2)6-3/h10-12,14H,4-9,13,15,21H2,1-3H3,(H,22,27). The van der Waals surface area contributed by atoms with Crippen LogP contribution in [0.3, 0.4) is 0 Å². The van der Waals surface area contributed by atoms with Crippen LogP contribution in [-0.2, 0) is 14.8 Å². The van der Waals surface area contributed by atoms with Gasteiger partial charge in [-0.05, 0) is 18.6 Å². The third-order valence-corrected chi connectivity index (χ3v) is 7.77. The van der Waals surface area contributed by atoms with Crippen molar-refractivity contribution in [1.82, 2.24) is 24.5 Å². The summed E-state index contributed by atoms with van der Waals surface area (Å²) >= 11 is 1.19. The number of benzene rings is 1. The van der Waals surface area contributed by atoms with Gasteiger partial charge in [0.25, 0.3) is 0 Å². The highest BCUT2D eigenvalue weighted by Gasteiger charge is 2.23. The lowest BCUT2D eigenvalue weighted by atomic mass is 10.2. The van der Waals surface area contributed by atoms with Gasteiger partial charge in [-0.1, -0.05) is 63.9 Å². The predicted octanol–water partition coefficient (Wildman–Crippen LogP) is 2.48. The molecule has 0 aliphatic carbocycles. The fraction of sp³-hybridized carbons (Fsp3) is 0.550. The van der Waals surface area contributed by atoms with E-state index < -0.39 is 10.0 Å². The van der Waals surface area contributed by atoms with Crippen molar-refractivity contribution < 1.29 is 13.2 Å². The van der Waals surface area contributed by atoms with E-state index in [0.29, 0.717) is 36.2 Å². The summed E-state index contributed by atoms with van der Waals surface area (Å²) in [6.07, 6.45) is 4.39. The Kier molecular flexibility index (Phi) is 9.79. The fourth-order valence-electron chi connectivity index (χ4n) is 3.04. The molecule has 0 saturated heterocycles. The summed E-state index contributed by atoms with van der Waals surface area (Å²) in [5.41, 5.74) is 0.537. The zero-order chi connectivity index (χ0) is 22.9. The van der Waals surface area contributed by atoms with Crippen LogP contribution in [0.15, 0.2) is 34.3 Å². The average molecular weight is 469 g/mol. The van der Waals surface area contributed by atoms with Crippen molar-refractivity contribution in [1.29, 1.82) is 0 Å². The number of aromatic nitrogens is 3. The molecule has 31 heavy (non-hydrogen) atoms. The van der Waals surface area contributed by atoms with Gasteiger partial charge < -0.3 is 11.2 Å². The number of sulfonamides is 1. The Bertz CT molecular complexity index is 958. The van der Waals surface area contributed by atoms with Gasteiger partial charge in [-0.15, -0.1) is 10.2 Å². The van der Waals surface area contributed by atoms with Crippen LogP contribution in [0.1, 0.15) is 46.5 Å². The van der Waals surface area contributed by atoms with Gasteiger partial charge in [0.1, 0.15) is 0 Å². The molecule has 2 aromatic rings. The van der Waals surface area contributed by atoms with E-state index in [4.69, 9.17) is 5.84 Å². The molecule has 0 spiro atoms. The first-order valence-electron chi connectivity index (χ1n) is 10.6. The number of nitrogens with two attached hydrogens (primary N) is 1. The largest absolute Gasteiger partial charge is 0.355 e. The van der Waals surface area contributed by atoms with E-state index in [9.17, 15) is 13.2 Å². The lowest BCUT2D eigenvalue weighted by molar-refractivity contribution is -0.118. The second-order valence-electron chi connectivity index (χ2n) is 6.99. The van der Waals surface area contributed by atoms with Crippen LogP contribution in [0.4, 0.5) is 0 Å². The molecular formula is C20H32N6O3S2. The molecule has 11 heteroatoms. The Balaban J connectivity index is 2.06. The van der Waals surface area contributed by atoms with Gasteiger partial charge >= 0.3 is 0 Å². The lowest BCUT2D eigenvalue weighted by Crippen LogP contribution is -2.30. The molecule has 172 valence electrons. The van der Waals surface area contributed by atoms with Crippen LogP contribution in [0, 0.1) is 0 Å². The number of unbranched alkanes of at least 4 members (excludes halogenated alkanes) is 3. The average Bonchev–Trinajstić information content (AvgIpc) is 3.13. The van der Waals surface area contributed by atoms with Crippen molar-refractivity contribution in [3.05, 3.63) is 24.3 Å². The van der Waals surface area contributed by atoms with E-state index in [0.717, 1.165) is 19.3 Å². The minimum absolute atomic E-state index is 0.0849. The van der Waals surface area contributed by atoms with E-state index in [1.54, 1.807) is 38.1 Å². The van der Waals surface area contributed by atoms with Crippen LogP contribution in [0.5, 0.6) is 0 Å². The van der Waals surface area contributed by atoms with Crippen molar-refractivity contribution in [2.24, 2.45) is 0 Å². The maximum atomic E-state index is 12.8. The van der Waals surface area contributed by atoms with Gasteiger partial charge in [-0.25, -0.2) is 13.1 Å². The number of nitrogens with zero attached hydrogens (tertiary/aromatic N) is 4. The number of carbonyl (C=O) groups excluding carboxylic acids is 1. The van der Waals surface area contributed by atoms with Crippen molar-refractivity contribution in [2.45, 2.75) is 56.5 Å². The van der Waals surface area contributed by atoms with Crippen LogP contribution in [0.2, 0.25) is 0 Å². The van der Waals surface area contributed by atoms with Crippen molar-refractivity contribution in [2.75, 3.05) is 31.2 Å². The highest BCUT2D eigenvalue weighted by molar-refractivity contribution is 7.99. The van der Waals surface area contributed by atoms with E-state index in [1.165, 1.54) is 27.2 Å². The molecule has 1 heterocycles. The molecule has 0 saturated carbocycles. The zero-order valence-electron chi connectivity index (χ0n) is 18.4. The van der Waals surface area contributed by atoms with Crippen LogP contribution in [-0.4, -0.2) is 58.9 Å². The smallest absolute Gasteiger partial charge is 0.243 e. The van der Waals surface area contributed by atoms with Crippen LogP contribution < -0.4 is 11.2 Å². The predicted molar refractivity (Wildman–Crippen MR) is 124 cm³/mol. The molecule has 0 aliphatic rings. The first-order chi connectivity index (χ1) is 14.8. The molecule has 3 N–H and O–H groups in total. The summed E-state index contributed by atoms with van der Waals surface area (Å²) in [4.78, 5) is 12.2. The summed E-state index contributed by atoms with van der Waals surface area (Å²) in [5, 5.41) is 11.4. The third-order valence-electron chi connectivity index (χ3n) is 4.78. The Morgan fingerprint density at radius 1 is 1.16 bits per heavy atom. The minimum Gasteiger partial charge on any atom is -0.355 e. The summed E-state index contributed by atoms with van der Waals surface area (Å²) < 4.78 is 28.3. The number of nitrogen functional groups attached to an aromatic ring is 1. The number of hydrogen-bond acceptors (Lipinski definition) is 7. The Morgan fingerprint density at radius 2 is 1.90 bits per heavy atom. The molecule has 1 aromatic heterocycles. The molecular weight excluding hydrogens is 436 g/mol. The first-order valence-corrected chi connectivity index (χ1v) is 13.0. The molecule has 0 fully saturated rings. The second-order valence-corrected chi connectivity index (χ2v) is 9.87. The van der Waals surface area contributed by atoms with E-state index in [1.807, 2.05) is 0 Å². The Hall–Kier alpha value is -2.11. The number of rotatable bonds is 13.